The Morgan fingerprint density at radius 3 is 2.42 bits per heavy atom. The number of benzene rings is 3. The molecule has 0 radical (unpaired) electrons. The van der Waals surface area contributed by atoms with Gasteiger partial charge < -0.3 is 14.4 Å². The van der Waals surface area contributed by atoms with Gasteiger partial charge in [0.15, 0.2) is 0 Å². The summed E-state index contributed by atoms with van der Waals surface area (Å²) in [5.41, 5.74) is 2.10. The van der Waals surface area contributed by atoms with Gasteiger partial charge in [-0.3, -0.25) is 9.59 Å². The van der Waals surface area contributed by atoms with Gasteiger partial charge in [0, 0.05) is 30.7 Å². The summed E-state index contributed by atoms with van der Waals surface area (Å²) in [6.45, 7) is -0.288. The van der Waals surface area contributed by atoms with E-state index in [1.54, 1.807) is 37.4 Å². The lowest BCUT2D eigenvalue weighted by atomic mass is 9.97. The number of rotatable bonds is 7. The quantitative estimate of drug-likeness (QED) is 0.488. The van der Waals surface area contributed by atoms with Crippen LogP contribution in [0.25, 0.3) is 0 Å². The van der Waals surface area contributed by atoms with Crippen LogP contribution in [0.15, 0.2) is 71.8 Å². The van der Waals surface area contributed by atoms with Gasteiger partial charge in [0.1, 0.15) is 29.7 Å². The standard InChI is InChI=1S/C27H25F2N3O4/c1-31(27(34)18-5-4-6-20(29)13-18)16-26(33)32-24(17-7-9-19(28)10-8-17)15-23(30-32)22-12-11-21(35-2)14-25(22)36-3/h4-14,24H,15-16H2,1-3H3. The lowest BCUT2D eigenvalue weighted by Crippen LogP contribution is -2.39. The van der Waals surface area contributed by atoms with Crippen molar-refractivity contribution >= 4 is 17.5 Å². The molecule has 1 aliphatic heterocycles. The molecule has 3 aromatic rings. The van der Waals surface area contributed by atoms with Crippen LogP contribution in [-0.4, -0.2) is 55.2 Å². The van der Waals surface area contributed by atoms with E-state index in [1.807, 2.05) is 0 Å². The molecule has 1 heterocycles. The zero-order chi connectivity index (χ0) is 25.8. The van der Waals surface area contributed by atoms with E-state index < -0.39 is 29.5 Å². The first-order valence-corrected chi connectivity index (χ1v) is 11.2. The molecule has 9 heteroatoms. The van der Waals surface area contributed by atoms with Crippen LogP contribution in [0.4, 0.5) is 8.78 Å². The molecular weight excluding hydrogens is 468 g/mol. The minimum absolute atomic E-state index is 0.133. The fourth-order valence-corrected chi connectivity index (χ4v) is 4.07. The second-order valence-electron chi connectivity index (χ2n) is 8.29. The molecule has 0 fully saturated rings. The van der Waals surface area contributed by atoms with Crippen LogP contribution in [0.2, 0.25) is 0 Å². The first-order valence-electron chi connectivity index (χ1n) is 11.2. The second-order valence-corrected chi connectivity index (χ2v) is 8.29. The Labute approximate surface area is 207 Å². The molecule has 0 saturated heterocycles. The van der Waals surface area contributed by atoms with E-state index in [0.29, 0.717) is 34.8 Å². The molecule has 186 valence electrons. The fourth-order valence-electron chi connectivity index (χ4n) is 4.07. The molecule has 4 rings (SSSR count). The molecule has 0 aliphatic carbocycles. The number of likely N-dealkylation sites (N-methyl/N-ethyl adjacent to an activating group) is 1. The Balaban J connectivity index is 1.63. The predicted octanol–water partition coefficient (Wildman–Crippen LogP) is 4.43. The minimum Gasteiger partial charge on any atom is -0.497 e. The summed E-state index contributed by atoms with van der Waals surface area (Å²) in [4.78, 5) is 27.3. The van der Waals surface area contributed by atoms with Crippen molar-refractivity contribution in [3.63, 3.8) is 0 Å². The summed E-state index contributed by atoms with van der Waals surface area (Å²) >= 11 is 0. The van der Waals surface area contributed by atoms with Gasteiger partial charge in [-0.05, 0) is 48.0 Å². The van der Waals surface area contributed by atoms with Crippen molar-refractivity contribution in [1.82, 2.24) is 9.91 Å². The van der Waals surface area contributed by atoms with E-state index >= 15 is 0 Å². The van der Waals surface area contributed by atoms with Crippen LogP contribution >= 0.6 is 0 Å². The van der Waals surface area contributed by atoms with E-state index in [1.165, 1.54) is 54.4 Å². The maximum Gasteiger partial charge on any atom is 0.262 e. The summed E-state index contributed by atoms with van der Waals surface area (Å²) in [5, 5.41) is 5.90. The topological polar surface area (TPSA) is 71.4 Å². The van der Waals surface area contributed by atoms with E-state index in [4.69, 9.17) is 9.47 Å². The zero-order valence-electron chi connectivity index (χ0n) is 20.1. The van der Waals surface area contributed by atoms with Gasteiger partial charge in [-0.15, -0.1) is 0 Å². The SMILES string of the molecule is COc1ccc(C2=NN(C(=O)CN(C)C(=O)c3cccc(F)c3)C(c3ccc(F)cc3)C2)c(OC)c1. The van der Waals surface area contributed by atoms with Gasteiger partial charge in [-0.2, -0.15) is 5.10 Å². The summed E-state index contributed by atoms with van der Waals surface area (Å²) in [6, 6.07) is 15.9. The van der Waals surface area contributed by atoms with Crippen molar-refractivity contribution < 1.29 is 27.8 Å². The van der Waals surface area contributed by atoms with Crippen molar-refractivity contribution in [2.45, 2.75) is 12.5 Å². The van der Waals surface area contributed by atoms with Gasteiger partial charge in [-0.25, -0.2) is 13.8 Å². The maximum atomic E-state index is 13.6. The summed E-state index contributed by atoms with van der Waals surface area (Å²) in [7, 11) is 4.54. The molecule has 1 aliphatic rings. The maximum absolute atomic E-state index is 13.6. The summed E-state index contributed by atoms with van der Waals surface area (Å²) in [5.74, 6) is -0.749. The van der Waals surface area contributed by atoms with Gasteiger partial charge >= 0.3 is 0 Å². The Kier molecular flexibility index (Phi) is 7.28. The van der Waals surface area contributed by atoms with Gasteiger partial charge in [0.25, 0.3) is 11.8 Å². The molecule has 7 nitrogen and oxygen atoms in total. The molecule has 1 atom stereocenters. The molecule has 0 saturated carbocycles. The van der Waals surface area contributed by atoms with Crippen molar-refractivity contribution in [1.29, 1.82) is 0 Å². The molecule has 2 amide bonds. The number of amides is 2. The van der Waals surface area contributed by atoms with Crippen LogP contribution in [0.1, 0.15) is 33.9 Å². The lowest BCUT2D eigenvalue weighted by molar-refractivity contribution is -0.133. The van der Waals surface area contributed by atoms with Crippen LogP contribution in [-0.2, 0) is 4.79 Å². The number of nitrogens with zero attached hydrogens (tertiary/aromatic N) is 3. The highest BCUT2D eigenvalue weighted by molar-refractivity contribution is 6.05. The van der Waals surface area contributed by atoms with Gasteiger partial charge in [0.2, 0.25) is 0 Å². The number of hydrazone groups is 1. The second kappa shape index (κ2) is 10.6. The largest absolute Gasteiger partial charge is 0.497 e. The third kappa shape index (κ3) is 5.19. The number of carbonyl (C=O) groups excluding carboxylic acids is 2. The van der Waals surface area contributed by atoms with E-state index in [-0.39, 0.29) is 12.1 Å². The summed E-state index contributed by atoms with van der Waals surface area (Å²) in [6.07, 6.45) is 0.349. The van der Waals surface area contributed by atoms with Crippen molar-refractivity contribution in [2.24, 2.45) is 5.10 Å². The first kappa shape index (κ1) is 24.8. The number of carbonyl (C=O) groups is 2. The van der Waals surface area contributed by atoms with Crippen molar-refractivity contribution in [2.75, 3.05) is 27.8 Å². The highest BCUT2D eigenvalue weighted by Crippen LogP contribution is 2.36. The average Bonchev–Trinajstić information content (AvgIpc) is 3.33. The third-order valence-corrected chi connectivity index (χ3v) is 5.93. The van der Waals surface area contributed by atoms with Crippen LogP contribution < -0.4 is 9.47 Å². The molecule has 0 bridgehead atoms. The van der Waals surface area contributed by atoms with E-state index in [0.717, 1.165) is 6.07 Å². The third-order valence-electron chi connectivity index (χ3n) is 5.93. The number of halogens is 2. The van der Waals surface area contributed by atoms with Crippen LogP contribution in [0, 0.1) is 11.6 Å². The van der Waals surface area contributed by atoms with Gasteiger partial charge in [-0.1, -0.05) is 18.2 Å². The molecular formula is C27H25F2N3O4. The Morgan fingerprint density at radius 2 is 1.75 bits per heavy atom. The van der Waals surface area contributed by atoms with Crippen LogP contribution in [0.5, 0.6) is 11.5 Å². The highest BCUT2D eigenvalue weighted by Gasteiger charge is 2.35. The molecule has 0 aromatic heterocycles. The molecule has 0 N–H and O–H groups in total. The predicted molar refractivity (Wildman–Crippen MR) is 130 cm³/mol. The fraction of sp³-hybridized carbons (Fsp3) is 0.222. The lowest BCUT2D eigenvalue weighted by Gasteiger charge is -2.25. The molecule has 36 heavy (non-hydrogen) atoms. The van der Waals surface area contributed by atoms with Gasteiger partial charge in [0.05, 0.1) is 26.0 Å². The monoisotopic (exact) mass is 493 g/mol. The normalized spacial score (nSPS) is 14.9. The number of hydrogen-bond donors (Lipinski definition) is 0. The molecule has 3 aromatic carbocycles. The van der Waals surface area contributed by atoms with Crippen molar-refractivity contribution in [3.8, 4) is 11.5 Å². The Morgan fingerprint density at radius 1 is 1.00 bits per heavy atom. The summed E-state index contributed by atoms with van der Waals surface area (Å²) < 4.78 is 37.9. The highest BCUT2D eigenvalue weighted by atomic mass is 19.1. The first-order chi connectivity index (χ1) is 17.3. The number of hydrogen-bond acceptors (Lipinski definition) is 5. The van der Waals surface area contributed by atoms with Crippen molar-refractivity contribution in [3.05, 3.63) is 95.1 Å². The Bertz CT molecular complexity index is 1310. The molecule has 0 spiro atoms. The van der Waals surface area contributed by atoms with E-state index in [2.05, 4.69) is 5.10 Å². The van der Waals surface area contributed by atoms with E-state index in [9.17, 15) is 18.4 Å². The molecule has 1 unspecified atom stereocenters. The number of methoxy groups -OCH3 is 2. The average molecular weight is 494 g/mol. The Hall–Kier alpha value is -4.27. The van der Waals surface area contributed by atoms with Crippen LogP contribution in [0.3, 0.4) is 0 Å². The smallest absolute Gasteiger partial charge is 0.262 e. The zero-order valence-corrected chi connectivity index (χ0v) is 20.1. The minimum atomic E-state index is -0.542. The number of ether oxygens (including phenoxy) is 2.